The van der Waals surface area contributed by atoms with Crippen molar-refractivity contribution < 1.29 is 76.7 Å². The van der Waals surface area contributed by atoms with Crippen LogP contribution >= 0.6 is 11.6 Å². The van der Waals surface area contributed by atoms with E-state index >= 15 is 0 Å². The molecular formula is C67H78ClN11O16. The van der Waals surface area contributed by atoms with E-state index in [0.717, 1.165) is 39.1 Å². The molecule has 2 aliphatic heterocycles. The van der Waals surface area contributed by atoms with E-state index in [1.807, 2.05) is 44.2 Å². The van der Waals surface area contributed by atoms with Crippen molar-refractivity contribution in [1.82, 2.24) is 34.7 Å². The average Bonchev–Trinajstić information content (AvgIpc) is 1.63. The van der Waals surface area contributed by atoms with E-state index in [1.54, 1.807) is 90.1 Å². The molecule has 2 aromatic heterocycles. The number of imidazole rings is 1. The molecule has 0 aliphatic carbocycles. The Kier molecular flexibility index (Phi) is 25.2. The number of hydrogen-bond donors (Lipinski definition) is 6. The molecular weight excluding hydrogens is 1250 g/mol. The number of alkyl halides is 1. The maximum absolute atomic E-state index is 14.6. The number of pyridine rings is 1. The lowest BCUT2D eigenvalue weighted by molar-refractivity contribution is -0.137. The first-order chi connectivity index (χ1) is 45.6. The minimum absolute atomic E-state index is 0.00133. The summed E-state index contributed by atoms with van der Waals surface area (Å²) in [6.07, 6.45) is 3.33. The van der Waals surface area contributed by atoms with Crippen LogP contribution in [0.15, 0.2) is 109 Å². The third-order valence-electron chi connectivity index (χ3n) is 15.9. The number of carbonyl (C=O) groups excluding carboxylic acids is 10. The average molecular weight is 1330 g/mol. The van der Waals surface area contributed by atoms with Crippen molar-refractivity contribution in [3.63, 3.8) is 0 Å². The number of nitrogens with two attached hydrogens (primary N) is 1. The SMILES string of the molecule is Cc1ccc(C(=O)Nc2ccc3nc(C(=O)N4C[C@@H](CCl)c5c4cc(OC(=O)N(CCOCCO)CCN(C)C(=O)OCc4ccc(NC(=O)[C@H](CCCNC(N)=O)CC(=O)[C@@H](NC(=O)OCCOCCN6C(=O)C=CC6=O)C(C)C)cc4)c4cccc(C)c54)cn3c2)cc1. The Morgan fingerprint density at radius 1 is 0.811 bits per heavy atom. The van der Waals surface area contributed by atoms with Gasteiger partial charge in [0.15, 0.2) is 5.78 Å². The number of imide groups is 1. The number of halogens is 1. The van der Waals surface area contributed by atoms with Gasteiger partial charge in [-0.3, -0.25) is 33.7 Å². The van der Waals surface area contributed by atoms with Gasteiger partial charge in [-0.05, 0) is 91.1 Å². The van der Waals surface area contributed by atoms with E-state index in [2.05, 4.69) is 26.3 Å². The number of ether oxygens (including phenoxy) is 5. The van der Waals surface area contributed by atoms with Crippen molar-refractivity contribution in [3.8, 4) is 5.75 Å². The first-order valence-corrected chi connectivity index (χ1v) is 31.5. The maximum atomic E-state index is 14.6. The molecule has 0 fully saturated rings. The van der Waals surface area contributed by atoms with E-state index < -0.39 is 71.6 Å². The lowest BCUT2D eigenvalue weighted by Crippen LogP contribution is -2.46. The minimum atomic E-state index is -1.04. The molecule has 28 heteroatoms. The molecule has 95 heavy (non-hydrogen) atoms. The molecule has 0 saturated heterocycles. The van der Waals surface area contributed by atoms with Gasteiger partial charge in [0.1, 0.15) is 30.3 Å². The number of rotatable bonds is 32. The highest BCUT2D eigenvalue weighted by molar-refractivity contribution is 6.19. The summed E-state index contributed by atoms with van der Waals surface area (Å²) in [5.41, 5.74) is 10.9. The topological polar surface area (TPSA) is 341 Å². The number of fused-ring (bicyclic) bond motifs is 4. The Labute approximate surface area is 553 Å². The zero-order chi connectivity index (χ0) is 68.3. The minimum Gasteiger partial charge on any atom is -0.447 e. The van der Waals surface area contributed by atoms with Gasteiger partial charge in [-0.2, -0.15) is 0 Å². The number of nitrogens with zero attached hydrogens (tertiary/aromatic N) is 6. The van der Waals surface area contributed by atoms with E-state index in [1.165, 1.54) is 16.8 Å². The van der Waals surface area contributed by atoms with Crippen LogP contribution < -0.4 is 36.6 Å². The lowest BCUT2D eigenvalue weighted by Gasteiger charge is -2.26. The third-order valence-corrected chi connectivity index (χ3v) is 16.3. The number of hydrogen-bond acceptors (Lipinski definition) is 17. The summed E-state index contributed by atoms with van der Waals surface area (Å²) in [6.45, 7) is 6.97. The molecule has 27 nitrogen and oxygen atoms in total. The zero-order valence-electron chi connectivity index (χ0n) is 53.4. The molecule has 6 aromatic rings. The first-order valence-electron chi connectivity index (χ1n) is 31.0. The standard InChI is InChI=1S/C67H78ClN11O16/c1-41(2)60(74-65(88)93-33-32-92-30-27-78-56(82)21-22-57(78)83)53(81)34-46(9-7-23-70-64(69)87)62(85)71-48-17-13-44(14-18-48)40-94-66(89)75(5)24-25-76(26-29-91-31-28-80)67(90)95-54-35-52-59(58-43(4)8-6-10-50(54)58)47(36-68)37-79(52)63(86)51-39-77-38-49(19-20-55(77)73-51)72-61(84)45-15-11-42(3)12-16-45/h6,8,10-22,35,38-39,41,46-47,60,80H,7,9,23-34,36-37,40H2,1-5H3,(H,71,85)(H,72,84)(H,74,88)(H3,69,70,87)/t46-,47-,60+/m1/s1. The number of benzene rings is 4. The number of urea groups is 1. The number of ketones is 1. The number of Topliss-reactive ketones (excluding diaryl/α,β-unsaturated/α-hetero) is 1. The molecule has 2 aliphatic rings. The number of carbonyl (C=O) groups is 10. The van der Waals surface area contributed by atoms with Gasteiger partial charge in [0.2, 0.25) is 5.91 Å². The van der Waals surface area contributed by atoms with Crippen molar-refractivity contribution >= 4 is 105 Å². The van der Waals surface area contributed by atoms with Crippen LogP contribution in [0.25, 0.3) is 16.4 Å². The van der Waals surface area contributed by atoms with Gasteiger partial charge >= 0.3 is 24.3 Å². The summed E-state index contributed by atoms with van der Waals surface area (Å²) in [5.74, 6) is -3.87. The number of likely N-dealkylation sites (N-methyl/N-ethyl adjacent to an activating group) is 1. The number of aryl methyl sites for hydroxylation is 2. The largest absolute Gasteiger partial charge is 0.447 e. The summed E-state index contributed by atoms with van der Waals surface area (Å²) >= 11 is 6.66. The van der Waals surface area contributed by atoms with Crippen LogP contribution in [0.5, 0.6) is 5.75 Å². The predicted molar refractivity (Wildman–Crippen MR) is 351 cm³/mol. The summed E-state index contributed by atoms with van der Waals surface area (Å²) in [4.78, 5) is 141. The van der Waals surface area contributed by atoms with Gasteiger partial charge in [0.05, 0.1) is 57.0 Å². The number of amides is 10. The van der Waals surface area contributed by atoms with Crippen molar-refractivity contribution in [2.24, 2.45) is 17.6 Å². The van der Waals surface area contributed by atoms with Crippen LogP contribution in [0, 0.1) is 25.7 Å². The highest BCUT2D eigenvalue weighted by atomic mass is 35.5. The number of alkyl carbamates (subject to hydrolysis) is 1. The monoisotopic (exact) mass is 1330 g/mol. The highest BCUT2D eigenvalue weighted by Crippen LogP contribution is 2.47. The number of primary amides is 1. The fourth-order valence-corrected chi connectivity index (χ4v) is 11.0. The molecule has 10 amide bonds. The molecule has 0 unspecified atom stereocenters. The summed E-state index contributed by atoms with van der Waals surface area (Å²) < 4.78 is 29.7. The molecule has 4 aromatic carbocycles. The summed E-state index contributed by atoms with van der Waals surface area (Å²) in [6, 6.07) is 22.5. The van der Waals surface area contributed by atoms with Crippen molar-refractivity contribution in [2.45, 2.75) is 65.5 Å². The second kappa shape index (κ2) is 33.7. The number of nitrogens with one attached hydrogen (secondary N) is 4. The molecule has 0 radical (unpaired) electrons. The molecule has 504 valence electrons. The second-order valence-corrected chi connectivity index (χ2v) is 23.4. The van der Waals surface area contributed by atoms with Crippen molar-refractivity contribution in [2.75, 3.05) is 107 Å². The van der Waals surface area contributed by atoms with Crippen LogP contribution in [0.4, 0.5) is 36.2 Å². The molecule has 0 saturated carbocycles. The second-order valence-electron chi connectivity index (χ2n) is 23.1. The predicted octanol–water partition coefficient (Wildman–Crippen LogP) is 7.07. The Hall–Kier alpha value is -9.96. The zero-order valence-corrected chi connectivity index (χ0v) is 54.2. The lowest BCUT2D eigenvalue weighted by atomic mass is 9.89. The maximum Gasteiger partial charge on any atom is 0.415 e. The Bertz CT molecular complexity index is 3810. The van der Waals surface area contributed by atoms with E-state index in [0.29, 0.717) is 39.2 Å². The summed E-state index contributed by atoms with van der Waals surface area (Å²) in [5, 5.41) is 21.6. The fraction of sp³-hybridized carbons (Fsp3) is 0.388. The van der Waals surface area contributed by atoms with Gasteiger partial charge in [-0.1, -0.05) is 61.9 Å². The molecule has 3 atom stereocenters. The Morgan fingerprint density at radius 2 is 1.54 bits per heavy atom. The van der Waals surface area contributed by atoms with E-state index in [4.69, 9.17) is 41.0 Å². The molecule has 0 bridgehead atoms. The van der Waals surface area contributed by atoms with Crippen molar-refractivity contribution in [1.29, 1.82) is 0 Å². The Morgan fingerprint density at radius 3 is 2.24 bits per heavy atom. The number of aliphatic hydroxyl groups excluding tert-OH is 1. The number of anilines is 3. The number of aliphatic hydroxyl groups is 1. The Balaban J connectivity index is 0.868. The van der Waals surface area contributed by atoms with Crippen LogP contribution in [-0.2, 0) is 44.7 Å². The highest BCUT2D eigenvalue weighted by Gasteiger charge is 2.38. The molecule has 8 rings (SSSR count). The molecule has 4 heterocycles. The van der Waals surface area contributed by atoms with Gasteiger partial charge in [-0.15, -0.1) is 11.6 Å². The van der Waals surface area contributed by atoms with Gasteiger partial charge in [0.25, 0.3) is 23.6 Å². The van der Waals surface area contributed by atoms with Crippen molar-refractivity contribution in [3.05, 3.63) is 143 Å². The van der Waals surface area contributed by atoms with Crippen LogP contribution in [0.2, 0.25) is 0 Å². The van der Waals surface area contributed by atoms with Crippen LogP contribution in [0.3, 0.4) is 0 Å². The normalized spacial score (nSPS) is 14.0. The fourth-order valence-electron chi connectivity index (χ4n) is 10.8. The quantitative estimate of drug-likeness (QED) is 0.0140. The van der Waals surface area contributed by atoms with Gasteiger partial charge in [0, 0.05) is 111 Å². The molecule has 7 N–H and O–H groups in total. The molecule has 0 spiro atoms. The van der Waals surface area contributed by atoms with E-state index in [-0.39, 0.29) is 134 Å². The van der Waals surface area contributed by atoms with Gasteiger partial charge < -0.3 is 74.9 Å². The van der Waals surface area contributed by atoms with E-state index in [9.17, 15) is 53.1 Å². The first kappa shape index (κ1) is 70.9. The third kappa shape index (κ3) is 19.1. The smallest absolute Gasteiger partial charge is 0.415 e. The number of aromatic nitrogens is 2. The van der Waals surface area contributed by atoms with Gasteiger partial charge in [-0.25, -0.2) is 24.2 Å². The van der Waals surface area contributed by atoms with Crippen LogP contribution in [-0.4, -0.2) is 187 Å². The van der Waals surface area contributed by atoms with Crippen LogP contribution in [0.1, 0.15) is 82.1 Å². The summed E-state index contributed by atoms with van der Waals surface area (Å²) in [7, 11) is 1.50.